The molecule has 0 aliphatic carbocycles. The number of hydrogen-bond donors (Lipinski definition) is 1. The van der Waals surface area contributed by atoms with E-state index in [1.807, 2.05) is 30.3 Å². The zero-order valence-electron chi connectivity index (χ0n) is 11.8. The molecule has 6 heteroatoms. The molecule has 3 aromatic rings. The third-order valence-corrected chi connectivity index (χ3v) is 4.44. The van der Waals surface area contributed by atoms with Gasteiger partial charge in [0.2, 0.25) is 0 Å². The molecule has 0 saturated carbocycles. The number of rotatable bonds is 3. The molecule has 0 amide bonds. The molecule has 1 heterocycles. The van der Waals surface area contributed by atoms with Gasteiger partial charge in [0.15, 0.2) is 0 Å². The van der Waals surface area contributed by atoms with Crippen LogP contribution >= 0.6 is 11.3 Å². The van der Waals surface area contributed by atoms with Gasteiger partial charge in [0.05, 0.1) is 22.7 Å². The summed E-state index contributed by atoms with van der Waals surface area (Å²) in [6.07, 6.45) is -4.35. The van der Waals surface area contributed by atoms with Crippen LogP contribution in [-0.4, -0.2) is 10.1 Å². The molecule has 0 radical (unpaired) electrons. The third kappa shape index (κ3) is 3.28. The lowest BCUT2D eigenvalue weighted by Crippen LogP contribution is -2.03. The predicted molar refractivity (Wildman–Crippen MR) is 83.9 cm³/mol. The van der Waals surface area contributed by atoms with Crippen LogP contribution in [0.2, 0.25) is 0 Å². The van der Waals surface area contributed by atoms with E-state index in [2.05, 4.69) is 4.98 Å². The number of halogens is 3. The van der Waals surface area contributed by atoms with E-state index in [0.717, 1.165) is 17.7 Å². The summed E-state index contributed by atoms with van der Waals surface area (Å²) in [6.45, 7) is -0.164. The Morgan fingerprint density at radius 1 is 0.913 bits per heavy atom. The second-order valence-electron chi connectivity index (χ2n) is 4.89. The Hall–Kier alpha value is -2.18. The van der Waals surface area contributed by atoms with Crippen molar-refractivity contribution in [1.29, 1.82) is 0 Å². The van der Waals surface area contributed by atoms with Gasteiger partial charge in [-0.05, 0) is 12.1 Å². The van der Waals surface area contributed by atoms with Crippen molar-refractivity contribution < 1.29 is 18.3 Å². The van der Waals surface area contributed by atoms with E-state index in [9.17, 15) is 18.3 Å². The first-order chi connectivity index (χ1) is 11.0. The molecule has 2 nitrogen and oxygen atoms in total. The van der Waals surface area contributed by atoms with Crippen molar-refractivity contribution in [2.24, 2.45) is 0 Å². The van der Waals surface area contributed by atoms with Crippen LogP contribution in [-0.2, 0) is 12.8 Å². The lowest BCUT2D eigenvalue weighted by atomic mass is 10.1. The highest BCUT2D eigenvalue weighted by molar-refractivity contribution is 7.15. The minimum Gasteiger partial charge on any atom is -0.391 e. The molecular formula is C17H12F3NOS. The molecule has 1 aromatic heterocycles. The highest BCUT2D eigenvalue weighted by atomic mass is 32.1. The molecule has 23 heavy (non-hydrogen) atoms. The average molecular weight is 335 g/mol. The number of nitrogens with zero attached hydrogens (tertiary/aromatic N) is 1. The quantitative estimate of drug-likeness (QED) is 0.731. The first-order valence-electron chi connectivity index (χ1n) is 6.82. The average Bonchev–Trinajstić information content (AvgIpc) is 2.99. The summed E-state index contributed by atoms with van der Waals surface area (Å²) >= 11 is 1.28. The van der Waals surface area contributed by atoms with Gasteiger partial charge < -0.3 is 5.11 Å². The summed E-state index contributed by atoms with van der Waals surface area (Å²) < 4.78 is 37.9. The molecule has 3 rings (SSSR count). The van der Waals surface area contributed by atoms with E-state index < -0.39 is 11.7 Å². The van der Waals surface area contributed by atoms with E-state index in [4.69, 9.17) is 0 Å². The molecule has 0 spiro atoms. The maximum absolute atomic E-state index is 12.6. The van der Waals surface area contributed by atoms with Gasteiger partial charge >= 0.3 is 6.18 Å². The van der Waals surface area contributed by atoms with Crippen molar-refractivity contribution in [3.05, 3.63) is 65.0 Å². The van der Waals surface area contributed by atoms with Crippen molar-refractivity contribution in [3.63, 3.8) is 0 Å². The normalized spacial score (nSPS) is 11.7. The van der Waals surface area contributed by atoms with Gasteiger partial charge in [-0.1, -0.05) is 42.5 Å². The Morgan fingerprint density at radius 2 is 1.57 bits per heavy atom. The van der Waals surface area contributed by atoms with Crippen molar-refractivity contribution in [2.45, 2.75) is 12.8 Å². The number of aromatic nitrogens is 1. The fourth-order valence-electron chi connectivity index (χ4n) is 2.21. The maximum atomic E-state index is 12.6. The summed E-state index contributed by atoms with van der Waals surface area (Å²) in [5, 5.41) is 10.1. The lowest BCUT2D eigenvalue weighted by Gasteiger charge is -2.06. The Bertz CT molecular complexity index is 795. The molecule has 0 bridgehead atoms. The Labute approximate surface area is 134 Å². The highest BCUT2D eigenvalue weighted by Gasteiger charge is 2.30. The lowest BCUT2D eigenvalue weighted by molar-refractivity contribution is -0.137. The molecule has 118 valence electrons. The maximum Gasteiger partial charge on any atom is 0.416 e. The van der Waals surface area contributed by atoms with E-state index in [-0.39, 0.29) is 6.61 Å². The first-order valence-corrected chi connectivity index (χ1v) is 7.64. The Kier molecular flexibility index (Phi) is 4.19. The number of aliphatic hydroxyl groups excluding tert-OH is 1. The van der Waals surface area contributed by atoms with Crippen LogP contribution < -0.4 is 0 Å². The van der Waals surface area contributed by atoms with Crippen molar-refractivity contribution in [3.8, 4) is 21.8 Å². The van der Waals surface area contributed by atoms with Crippen LogP contribution in [0.5, 0.6) is 0 Å². The van der Waals surface area contributed by atoms with Crippen molar-refractivity contribution in [2.75, 3.05) is 0 Å². The largest absolute Gasteiger partial charge is 0.416 e. The number of aliphatic hydroxyl groups is 1. The SMILES string of the molecule is OCc1sc(-c2ccc(C(F)(F)F)cc2)nc1-c1ccccc1. The highest BCUT2D eigenvalue weighted by Crippen LogP contribution is 2.35. The monoisotopic (exact) mass is 335 g/mol. The fraction of sp³-hybridized carbons (Fsp3) is 0.118. The summed E-state index contributed by atoms with van der Waals surface area (Å²) in [5.41, 5.74) is 1.43. The molecule has 0 aliphatic heterocycles. The van der Waals surface area contributed by atoms with E-state index in [0.29, 0.717) is 21.1 Å². The fourth-order valence-corrected chi connectivity index (χ4v) is 3.15. The minimum atomic E-state index is -4.35. The Balaban J connectivity index is 2.00. The molecule has 0 saturated heterocycles. The van der Waals surface area contributed by atoms with E-state index in [1.165, 1.54) is 23.5 Å². The molecule has 0 unspecified atom stereocenters. The zero-order chi connectivity index (χ0) is 16.4. The van der Waals surface area contributed by atoms with Gasteiger partial charge in [-0.15, -0.1) is 11.3 Å². The summed E-state index contributed by atoms with van der Waals surface area (Å²) in [4.78, 5) is 5.18. The van der Waals surface area contributed by atoms with E-state index in [1.54, 1.807) is 0 Å². The van der Waals surface area contributed by atoms with Gasteiger partial charge in [-0.2, -0.15) is 13.2 Å². The van der Waals surface area contributed by atoms with Gasteiger partial charge in [-0.3, -0.25) is 0 Å². The zero-order valence-corrected chi connectivity index (χ0v) is 12.7. The van der Waals surface area contributed by atoms with Crippen LogP contribution in [0.1, 0.15) is 10.4 Å². The second kappa shape index (κ2) is 6.14. The molecule has 2 aromatic carbocycles. The minimum absolute atomic E-state index is 0.164. The number of thiazole rings is 1. The van der Waals surface area contributed by atoms with Gasteiger partial charge in [0.1, 0.15) is 5.01 Å². The van der Waals surface area contributed by atoms with E-state index >= 15 is 0 Å². The van der Waals surface area contributed by atoms with Crippen LogP contribution in [0.25, 0.3) is 21.8 Å². The van der Waals surface area contributed by atoms with Crippen LogP contribution in [0.15, 0.2) is 54.6 Å². The molecule has 0 atom stereocenters. The van der Waals surface area contributed by atoms with Crippen LogP contribution in [0.3, 0.4) is 0 Å². The molecule has 0 aliphatic rings. The van der Waals surface area contributed by atoms with Crippen molar-refractivity contribution >= 4 is 11.3 Å². The Morgan fingerprint density at radius 3 is 2.13 bits per heavy atom. The third-order valence-electron chi connectivity index (χ3n) is 3.35. The standard InChI is InChI=1S/C17H12F3NOS/c18-17(19,20)13-8-6-12(7-9-13)16-21-15(14(10-22)23-16)11-4-2-1-3-5-11/h1-9,22H,10H2. The number of alkyl halides is 3. The summed E-state index contributed by atoms with van der Waals surface area (Å²) in [7, 11) is 0. The number of hydrogen-bond acceptors (Lipinski definition) is 3. The topological polar surface area (TPSA) is 33.1 Å². The smallest absolute Gasteiger partial charge is 0.391 e. The second-order valence-corrected chi connectivity index (χ2v) is 5.97. The summed E-state index contributed by atoms with van der Waals surface area (Å²) in [5.74, 6) is 0. The van der Waals surface area contributed by atoms with Gasteiger partial charge in [0, 0.05) is 11.1 Å². The predicted octanol–water partition coefficient (Wildman–Crippen LogP) is 4.99. The van der Waals surface area contributed by atoms with Crippen LogP contribution in [0, 0.1) is 0 Å². The summed E-state index contributed by atoms with van der Waals surface area (Å²) in [6, 6.07) is 14.3. The molecule has 0 fully saturated rings. The van der Waals surface area contributed by atoms with Gasteiger partial charge in [-0.25, -0.2) is 4.98 Å². The molecular weight excluding hydrogens is 323 g/mol. The number of benzene rings is 2. The van der Waals surface area contributed by atoms with Crippen LogP contribution in [0.4, 0.5) is 13.2 Å². The van der Waals surface area contributed by atoms with Crippen molar-refractivity contribution in [1.82, 2.24) is 4.98 Å². The van der Waals surface area contributed by atoms with Gasteiger partial charge in [0.25, 0.3) is 0 Å². The first kappa shape index (κ1) is 15.7. The molecule has 1 N–H and O–H groups in total.